The molecular formula is C21H16F5N5O5. The maximum atomic E-state index is 14.9. The van der Waals surface area contributed by atoms with Gasteiger partial charge in [0, 0.05) is 23.6 Å². The maximum Gasteiger partial charge on any atom is 0.412 e. The molecule has 2 aromatic heterocycles. The molecule has 0 spiro atoms. The Hall–Kier alpha value is -4.30. The fourth-order valence-corrected chi connectivity index (χ4v) is 3.52. The van der Waals surface area contributed by atoms with Gasteiger partial charge in [0.15, 0.2) is 17.4 Å². The van der Waals surface area contributed by atoms with Crippen molar-refractivity contribution in [3.63, 3.8) is 0 Å². The van der Waals surface area contributed by atoms with Crippen molar-refractivity contribution in [2.75, 3.05) is 13.8 Å². The second-order valence-electron chi connectivity index (χ2n) is 7.57. The molecule has 0 bridgehead atoms. The molecule has 1 amide bonds. The number of alkyl halides is 4. The second-order valence-corrected chi connectivity index (χ2v) is 7.57. The molecule has 10 nitrogen and oxygen atoms in total. The zero-order valence-corrected chi connectivity index (χ0v) is 18.2. The van der Waals surface area contributed by atoms with Crippen molar-refractivity contribution in [3.8, 4) is 28.6 Å². The van der Waals surface area contributed by atoms with E-state index in [-0.39, 0.29) is 22.9 Å². The van der Waals surface area contributed by atoms with Gasteiger partial charge >= 0.3 is 12.3 Å². The number of carbonyl (C=O) groups is 1. The average Bonchev–Trinajstić information content (AvgIpc) is 3.33. The first kappa shape index (κ1) is 24.8. The summed E-state index contributed by atoms with van der Waals surface area (Å²) in [7, 11) is 1.41. The van der Waals surface area contributed by atoms with E-state index < -0.39 is 54.4 Å². The summed E-state index contributed by atoms with van der Waals surface area (Å²) in [5.74, 6) is -0.777. The molecule has 190 valence electrons. The average molecular weight is 513 g/mol. The first-order valence-corrected chi connectivity index (χ1v) is 10.1. The lowest BCUT2D eigenvalue weighted by molar-refractivity contribution is -0.167. The zero-order valence-electron chi connectivity index (χ0n) is 18.2. The summed E-state index contributed by atoms with van der Waals surface area (Å²) in [4.78, 5) is 22.2. The van der Waals surface area contributed by atoms with E-state index in [0.717, 1.165) is 12.1 Å². The van der Waals surface area contributed by atoms with Crippen LogP contribution in [0.15, 0.2) is 46.2 Å². The number of hydrogen-bond donors (Lipinski definition) is 2. The van der Waals surface area contributed by atoms with Gasteiger partial charge in [-0.15, -0.1) is 0 Å². The van der Waals surface area contributed by atoms with Crippen LogP contribution in [0.2, 0.25) is 0 Å². The van der Waals surface area contributed by atoms with Gasteiger partial charge in [-0.25, -0.2) is 33.9 Å². The SMILES string of the molecule is COc1cnc(-c2cc(-c3ccc(F)c([C@]4(CF)C[C@@H](C(F)(F)F)N=C(NC(=O)O)O4)c3)on2)cn1. The Balaban J connectivity index is 1.73. The van der Waals surface area contributed by atoms with Crippen LogP contribution < -0.4 is 10.1 Å². The van der Waals surface area contributed by atoms with Crippen LogP contribution in [0.3, 0.4) is 0 Å². The maximum absolute atomic E-state index is 14.9. The largest absolute Gasteiger partial charge is 0.480 e. The molecule has 2 atom stereocenters. The highest BCUT2D eigenvalue weighted by Gasteiger charge is 2.52. The molecule has 1 aliphatic rings. The predicted octanol–water partition coefficient (Wildman–Crippen LogP) is 4.09. The summed E-state index contributed by atoms with van der Waals surface area (Å²) in [5.41, 5.74) is -2.47. The molecule has 0 saturated heterocycles. The van der Waals surface area contributed by atoms with E-state index in [4.69, 9.17) is 19.1 Å². The molecule has 0 aliphatic carbocycles. The second kappa shape index (κ2) is 9.39. The molecule has 0 radical (unpaired) electrons. The number of aliphatic imine (C=N–C) groups is 1. The van der Waals surface area contributed by atoms with Crippen molar-refractivity contribution in [3.05, 3.63) is 48.0 Å². The van der Waals surface area contributed by atoms with Crippen molar-refractivity contribution in [2.24, 2.45) is 4.99 Å². The Bertz CT molecular complexity index is 1300. The molecule has 0 fully saturated rings. The molecule has 1 aromatic carbocycles. The first-order valence-electron chi connectivity index (χ1n) is 10.1. The van der Waals surface area contributed by atoms with Crippen LogP contribution >= 0.6 is 0 Å². The predicted molar refractivity (Wildman–Crippen MR) is 111 cm³/mol. The van der Waals surface area contributed by atoms with Gasteiger partial charge in [0.2, 0.25) is 5.88 Å². The molecule has 3 aromatic rings. The third-order valence-corrected chi connectivity index (χ3v) is 5.25. The van der Waals surface area contributed by atoms with E-state index in [9.17, 15) is 26.7 Å². The number of methoxy groups -OCH3 is 1. The number of carboxylic acid groups (broad SMARTS) is 1. The van der Waals surface area contributed by atoms with Crippen molar-refractivity contribution in [1.29, 1.82) is 0 Å². The number of nitrogens with one attached hydrogen (secondary N) is 1. The number of hydrogen-bond acceptors (Lipinski definition) is 8. The van der Waals surface area contributed by atoms with Gasteiger partial charge < -0.3 is 19.1 Å². The summed E-state index contributed by atoms with van der Waals surface area (Å²) >= 11 is 0. The van der Waals surface area contributed by atoms with Gasteiger partial charge in [0.05, 0.1) is 19.5 Å². The molecule has 15 heteroatoms. The fraction of sp³-hybridized carbons (Fsp3) is 0.286. The number of ether oxygens (including phenoxy) is 2. The minimum absolute atomic E-state index is 0.0543. The molecular weight excluding hydrogens is 497 g/mol. The Labute approximate surface area is 198 Å². The molecule has 0 saturated carbocycles. The normalized spacial score (nSPS) is 19.8. The lowest BCUT2D eigenvalue weighted by Gasteiger charge is -2.38. The third-order valence-electron chi connectivity index (χ3n) is 5.25. The highest BCUT2D eigenvalue weighted by Crippen LogP contribution is 2.42. The molecule has 1 aliphatic heterocycles. The molecule has 36 heavy (non-hydrogen) atoms. The van der Waals surface area contributed by atoms with Crippen molar-refractivity contribution in [2.45, 2.75) is 24.2 Å². The summed E-state index contributed by atoms with van der Waals surface area (Å²) in [6.07, 6.45) is -5.22. The summed E-state index contributed by atoms with van der Waals surface area (Å²) < 4.78 is 85.1. The lowest BCUT2D eigenvalue weighted by atomic mass is 9.85. The van der Waals surface area contributed by atoms with E-state index in [0.29, 0.717) is 5.69 Å². The number of aromatic nitrogens is 3. The van der Waals surface area contributed by atoms with Gasteiger partial charge in [-0.05, 0) is 18.2 Å². The number of nitrogens with zero attached hydrogens (tertiary/aromatic N) is 4. The number of benzene rings is 1. The van der Waals surface area contributed by atoms with Crippen LogP contribution in [0.4, 0.5) is 26.7 Å². The van der Waals surface area contributed by atoms with Crippen molar-refractivity contribution in [1.82, 2.24) is 20.4 Å². The summed E-state index contributed by atoms with van der Waals surface area (Å²) in [6.45, 7) is -1.62. The first-order chi connectivity index (χ1) is 17.0. The van der Waals surface area contributed by atoms with Gasteiger partial charge in [0.1, 0.15) is 23.9 Å². The lowest BCUT2D eigenvalue weighted by Crippen LogP contribution is -2.50. The Morgan fingerprint density at radius 3 is 2.64 bits per heavy atom. The Morgan fingerprint density at radius 1 is 1.25 bits per heavy atom. The molecule has 4 rings (SSSR count). The number of amidine groups is 1. The quantitative estimate of drug-likeness (QED) is 0.488. The van der Waals surface area contributed by atoms with Gasteiger partial charge in [-0.1, -0.05) is 5.16 Å². The van der Waals surface area contributed by atoms with Gasteiger partial charge in [-0.3, -0.25) is 0 Å². The topological polar surface area (TPSA) is 132 Å². The molecule has 0 unspecified atom stereocenters. The van der Waals surface area contributed by atoms with E-state index in [1.165, 1.54) is 31.6 Å². The standard InChI is InChI=1S/C21H16F5N5O5/c1-34-17-8-27-14(7-28-17)13-5-15(36-31-13)10-2-3-12(23)11(4-10)20(9-22)6-16(21(24,25)26)29-18(35-20)30-19(32)33/h2-5,7-8,16H,6,9H2,1H3,(H,29,30)(H,32,33)/t16-,20+/m0/s1. The number of amides is 1. The monoisotopic (exact) mass is 513 g/mol. The van der Waals surface area contributed by atoms with Crippen LogP contribution in [0.5, 0.6) is 5.88 Å². The smallest absolute Gasteiger partial charge is 0.412 e. The molecule has 3 heterocycles. The van der Waals surface area contributed by atoms with Crippen LogP contribution in [-0.4, -0.2) is 58.3 Å². The van der Waals surface area contributed by atoms with Gasteiger partial charge in [0.25, 0.3) is 6.02 Å². The summed E-state index contributed by atoms with van der Waals surface area (Å²) in [6, 6.07) is 0.907. The van der Waals surface area contributed by atoms with Crippen LogP contribution in [-0.2, 0) is 10.3 Å². The van der Waals surface area contributed by atoms with Crippen molar-refractivity contribution < 1.29 is 45.8 Å². The third kappa shape index (κ3) is 4.89. The number of halogens is 5. The minimum atomic E-state index is -4.98. The van der Waals surface area contributed by atoms with Gasteiger partial charge in [-0.2, -0.15) is 13.2 Å². The molecule has 2 N–H and O–H groups in total. The van der Waals surface area contributed by atoms with E-state index in [1.54, 1.807) is 5.32 Å². The van der Waals surface area contributed by atoms with Crippen LogP contribution in [0.1, 0.15) is 12.0 Å². The van der Waals surface area contributed by atoms with Crippen LogP contribution in [0, 0.1) is 5.82 Å². The highest BCUT2D eigenvalue weighted by atomic mass is 19.4. The highest BCUT2D eigenvalue weighted by molar-refractivity contribution is 5.90. The Morgan fingerprint density at radius 2 is 2.03 bits per heavy atom. The fourth-order valence-electron chi connectivity index (χ4n) is 3.52. The zero-order chi connectivity index (χ0) is 26.1. The minimum Gasteiger partial charge on any atom is -0.480 e. The van der Waals surface area contributed by atoms with E-state index in [2.05, 4.69) is 20.1 Å². The van der Waals surface area contributed by atoms with E-state index in [1.807, 2.05) is 0 Å². The van der Waals surface area contributed by atoms with Crippen molar-refractivity contribution >= 4 is 12.1 Å². The van der Waals surface area contributed by atoms with Crippen LogP contribution in [0.25, 0.3) is 22.7 Å². The number of rotatable bonds is 5. The summed E-state index contributed by atoms with van der Waals surface area (Å²) in [5, 5.41) is 14.3. The Kier molecular flexibility index (Phi) is 6.47. The van der Waals surface area contributed by atoms with E-state index >= 15 is 0 Å².